The average Bonchev–Trinajstić information content (AvgIpc) is 2.20. The molecule has 1 aromatic heterocycles. The van der Waals surface area contributed by atoms with Gasteiger partial charge in [0.05, 0.1) is 14.2 Å². The number of hydrogen-bond acceptors (Lipinski definition) is 3. The average molecular weight is 183 g/mol. The first kappa shape index (κ1) is 11.8. The third-order valence-corrected chi connectivity index (χ3v) is 1.37. The quantitative estimate of drug-likeness (QED) is 0.705. The van der Waals surface area contributed by atoms with Gasteiger partial charge in [-0.25, -0.2) is 4.98 Å². The topological polar surface area (TPSA) is 31.4 Å². The van der Waals surface area contributed by atoms with Crippen LogP contribution in [0.1, 0.15) is 19.4 Å². The largest absolute Gasteiger partial charge is 0.491 e. The maximum atomic E-state index is 5.03. The van der Waals surface area contributed by atoms with Gasteiger partial charge in [0.25, 0.3) is 5.88 Å². The SMILES string of the molecule is CC.COc1cc(C)cnc1OC. The second kappa shape index (κ2) is 6.29. The van der Waals surface area contributed by atoms with Crippen molar-refractivity contribution in [1.29, 1.82) is 0 Å². The Labute approximate surface area is 79.7 Å². The summed E-state index contributed by atoms with van der Waals surface area (Å²) in [7, 11) is 3.17. The molecule has 0 aromatic carbocycles. The van der Waals surface area contributed by atoms with Crippen molar-refractivity contribution in [3.63, 3.8) is 0 Å². The lowest BCUT2D eigenvalue weighted by Gasteiger charge is -2.05. The van der Waals surface area contributed by atoms with E-state index in [1.807, 2.05) is 26.8 Å². The van der Waals surface area contributed by atoms with Crippen LogP contribution in [-0.4, -0.2) is 19.2 Å². The fraction of sp³-hybridized carbons (Fsp3) is 0.500. The summed E-state index contributed by atoms with van der Waals surface area (Å²) in [5.41, 5.74) is 1.06. The Morgan fingerprint density at radius 3 is 2.23 bits per heavy atom. The molecule has 0 radical (unpaired) electrons. The maximum absolute atomic E-state index is 5.03. The highest BCUT2D eigenvalue weighted by molar-refractivity contribution is 5.35. The van der Waals surface area contributed by atoms with E-state index in [9.17, 15) is 0 Å². The van der Waals surface area contributed by atoms with E-state index in [1.165, 1.54) is 0 Å². The maximum Gasteiger partial charge on any atom is 0.256 e. The molecule has 0 aliphatic rings. The molecular formula is C10H17NO2. The zero-order valence-electron chi connectivity index (χ0n) is 8.92. The van der Waals surface area contributed by atoms with Crippen molar-refractivity contribution < 1.29 is 9.47 Å². The van der Waals surface area contributed by atoms with E-state index in [0.717, 1.165) is 5.56 Å². The summed E-state index contributed by atoms with van der Waals surface area (Å²) in [5, 5.41) is 0. The standard InChI is InChI=1S/C8H11NO2.C2H6/c1-6-4-7(10-2)8(11-3)9-5-6;1-2/h4-5H,1-3H3;1-2H3. The number of rotatable bonds is 2. The van der Waals surface area contributed by atoms with Gasteiger partial charge in [0, 0.05) is 6.20 Å². The van der Waals surface area contributed by atoms with E-state index < -0.39 is 0 Å². The molecule has 1 rings (SSSR count). The molecular weight excluding hydrogens is 166 g/mol. The van der Waals surface area contributed by atoms with E-state index in [4.69, 9.17) is 9.47 Å². The van der Waals surface area contributed by atoms with E-state index in [-0.39, 0.29) is 0 Å². The van der Waals surface area contributed by atoms with E-state index in [1.54, 1.807) is 20.4 Å². The number of aromatic nitrogens is 1. The summed E-state index contributed by atoms with van der Waals surface area (Å²) < 4.78 is 9.98. The minimum Gasteiger partial charge on any atom is -0.491 e. The minimum atomic E-state index is 0.526. The number of pyridine rings is 1. The lowest BCUT2D eigenvalue weighted by molar-refractivity contribution is 0.342. The second-order valence-electron chi connectivity index (χ2n) is 2.22. The van der Waals surface area contributed by atoms with Gasteiger partial charge in [-0.2, -0.15) is 0 Å². The first-order chi connectivity index (χ1) is 6.27. The van der Waals surface area contributed by atoms with Crippen LogP contribution in [0.2, 0.25) is 0 Å². The number of hydrogen-bond donors (Lipinski definition) is 0. The van der Waals surface area contributed by atoms with Crippen molar-refractivity contribution in [2.45, 2.75) is 20.8 Å². The van der Waals surface area contributed by atoms with Gasteiger partial charge >= 0.3 is 0 Å². The molecule has 1 aromatic rings. The molecule has 0 saturated heterocycles. The molecule has 3 heteroatoms. The van der Waals surface area contributed by atoms with Gasteiger partial charge in [-0.1, -0.05) is 13.8 Å². The fourth-order valence-corrected chi connectivity index (χ4v) is 0.829. The molecule has 0 spiro atoms. The first-order valence-corrected chi connectivity index (χ1v) is 4.32. The van der Waals surface area contributed by atoms with Crippen LogP contribution in [0.5, 0.6) is 11.6 Å². The molecule has 0 atom stereocenters. The van der Waals surface area contributed by atoms with Crippen LogP contribution < -0.4 is 9.47 Å². The Bertz CT molecular complexity index is 249. The highest BCUT2D eigenvalue weighted by Crippen LogP contribution is 2.23. The van der Waals surface area contributed by atoms with Crippen molar-refractivity contribution in [2.24, 2.45) is 0 Å². The van der Waals surface area contributed by atoms with Gasteiger partial charge in [-0.05, 0) is 18.6 Å². The van der Waals surface area contributed by atoms with Crippen LogP contribution >= 0.6 is 0 Å². The third kappa shape index (κ3) is 3.32. The van der Waals surface area contributed by atoms with Crippen molar-refractivity contribution in [2.75, 3.05) is 14.2 Å². The van der Waals surface area contributed by atoms with Crippen LogP contribution in [0.15, 0.2) is 12.3 Å². The summed E-state index contributed by atoms with van der Waals surface area (Å²) in [6.45, 7) is 5.95. The third-order valence-electron chi connectivity index (χ3n) is 1.37. The van der Waals surface area contributed by atoms with Gasteiger partial charge < -0.3 is 9.47 Å². The predicted octanol–water partition coefficient (Wildman–Crippen LogP) is 2.43. The van der Waals surface area contributed by atoms with Crippen LogP contribution in [0.4, 0.5) is 0 Å². The van der Waals surface area contributed by atoms with Crippen LogP contribution in [0.25, 0.3) is 0 Å². The normalized spacial score (nSPS) is 8.38. The summed E-state index contributed by atoms with van der Waals surface area (Å²) in [6, 6.07) is 1.88. The fourth-order valence-electron chi connectivity index (χ4n) is 0.829. The summed E-state index contributed by atoms with van der Waals surface area (Å²) in [6.07, 6.45) is 1.74. The molecule has 3 nitrogen and oxygen atoms in total. The zero-order valence-corrected chi connectivity index (χ0v) is 8.92. The Morgan fingerprint density at radius 2 is 1.77 bits per heavy atom. The number of aryl methyl sites for hydroxylation is 1. The van der Waals surface area contributed by atoms with E-state index in [0.29, 0.717) is 11.6 Å². The molecule has 0 aliphatic carbocycles. The number of nitrogens with zero attached hydrogens (tertiary/aromatic N) is 1. The Hall–Kier alpha value is -1.25. The molecule has 0 saturated carbocycles. The lowest BCUT2D eigenvalue weighted by Crippen LogP contribution is -1.93. The summed E-state index contributed by atoms with van der Waals surface area (Å²) in [4.78, 5) is 4.02. The first-order valence-electron chi connectivity index (χ1n) is 4.32. The molecule has 0 amide bonds. The van der Waals surface area contributed by atoms with Crippen molar-refractivity contribution in [1.82, 2.24) is 4.98 Å². The minimum absolute atomic E-state index is 0.526. The van der Waals surface area contributed by atoms with Crippen LogP contribution in [0.3, 0.4) is 0 Å². The monoisotopic (exact) mass is 183 g/mol. The van der Waals surface area contributed by atoms with Crippen molar-refractivity contribution in [3.8, 4) is 11.6 Å². The Balaban J connectivity index is 0.000000671. The predicted molar refractivity (Wildman–Crippen MR) is 53.4 cm³/mol. The van der Waals surface area contributed by atoms with Crippen molar-refractivity contribution in [3.05, 3.63) is 17.8 Å². The van der Waals surface area contributed by atoms with Crippen LogP contribution in [0, 0.1) is 6.92 Å². The molecule has 13 heavy (non-hydrogen) atoms. The molecule has 0 fully saturated rings. The number of methoxy groups -OCH3 is 2. The van der Waals surface area contributed by atoms with Crippen LogP contribution in [-0.2, 0) is 0 Å². The second-order valence-corrected chi connectivity index (χ2v) is 2.22. The Morgan fingerprint density at radius 1 is 1.15 bits per heavy atom. The van der Waals surface area contributed by atoms with Crippen molar-refractivity contribution >= 4 is 0 Å². The molecule has 0 bridgehead atoms. The number of ether oxygens (including phenoxy) is 2. The Kier molecular flexibility index (Phi) is 5.68. The van der Waals surface area contributed by atoms with Gasteiger partial charge in [0.1, 0.15) is 0 Å². The molecule has 0 aliphatic heterocycles. The zero-order chi connectivity index (χ0) is 10.3. The van der Waals surface area contributed by atoms with Gasteiger partial charge in [-0.15, -0.1) is 0 Å². The lowest BCUT2D eigenvalue weighted by atomic mass is 10.3. The van der Waals surface area contributed by atoms with E-state index >= 15 is 0 Å². The summed E-state index contributed by atoms with van der Waals surface area (Å²) in [5.74, 6) is 1.20. The molecule has 0 unspecified atom stereocenters. The molecule has 1 heterocycles. The molecule has 0 N–H and O–H groups in total. The van der Waals surface area contributed by atoms with Gasteiger partial charge in [0.15, 0.2) is 5.75 Å². The van der Waals surface area contributed by atoms with E-state index in [2.05, 4.69) is 4.98 Å². The smallest absolute Gasteiger partial charge is 0.256 e. The van der Waals surface area contributed by atoms with Gasteiger partial charge in [0.2, 0.25) is 0 Å². The highest BCUT2D eigenvalue weighted by Gasteiger charge is 2.02. The molecule has 74 valence electrons. The summed E-state index contributed by atoms with van der Waals surface area (Å²) >= 11 is 0. The van der Waals surface area contributed by atoms with Gasteiger partial charge in [-0.3, -0.25) is 0 Å². The highest BCUT2D eigenvalue weighted by atomic mass is 16.5.